The minimum absolute atomic E-state index is 0.818. The average molecular weight is 277 g/mol. The predicted molar refractivity (Wildman–Crippen MR) is 87.9 cm³/mol. The molecule has 2 heteroatoms. The van der Waals surface area contributed by atoms with Gasteiger partial charge in [-0.15, -0.1) is 0 Å². The van der Waals surface area contributed by atoms with Crippen LogP contribution in [0.2, 0.25) is 0 Å². The Morgan fingerprint density at radius 2 is 1.57 bits per heavy atom. The van der Waals surface area contributed by atoms with Crippen LogP contribution in [0.4, 0.5) is 0 Å². The highest BCUT2D eigenvalue weighted by molar-refractivity contribution is 5.86. The number of pyridine rings is 1. The van der Waals surface area contributed by atoms with E-state index >= 15 is 0 Å². The maximum absolute atomic E-state index is 5.56. The summed E-state index contributed by atoms with van der Waals surface area (Å²) in [4.78, 5) is 4.84. The van der Waals surface area contributed by atoms with Crippen molar-refractivity contribution in [1.29, 1.82) is 0 Å². The largest absolute Gasteiger partial charge is 0.494 e. The van der Waals surface area contributed by atoms with Crippen LogP contribution >= 0.6 is 0 Å². The van der Waals surface area contributed by atoms with Crippen molar-refractivity contribution in [1.82, 2.24) is 4.98 Å². The molecule has 3 rings (SSSR count). The highest BCUT2D eigenvalue weighted by Gasteiger charge is 2.12. The summed E-state index contributed by atoms with van der Waals surface area (Å²) >= 11 is 0. The quantitative estimate of drug-likeness (QED) is 0.669. The van der Waals surface area contributed by atoms with Gasteiger partial charge >= 0.3 is 0 Å². The summed E-state index contributed by atoms with van der Waals surface area (Å²) in [5.74, 6) is 0.818. The van der Waals surface area contributed by atoms with Crippen molar-refractivity contribution >= 4 is 10.9 Å². The molecule has 0 aliphatic rings. The fourth-order valence-electron chi connectivity index (χ4n) is 2.69. The molecular weight excluding hydrogens is 258 g/mol. The van der Waals surface area contributed by atoms with Gasteiger partial charge in [-0.25, -0.2) is 4.98 Å². The summed E-state index contributed by atoms with van der Waals surface area (Å²) in [6.45, 7) is 6.30. The van der Waals surface area contributed by atoms with E-state index in [0.29, 0.717) is 0 Å². The van der Waals surface area contributed by atoms with Gasteiger partial charge in [-0.3, -0.25) is 0 Å². The van der Waals surface area contributed by atoms with Crippen molar-refractivity contribution in [3.8, 4) is 17.0 Å². The molecule has 0 saturated heterocycles. The molecule has 0 fully saturated rings. The Hall–Kier alpha value is -2.35. The molecule has 21 heavy (non-hydrogen) atoms. The van der Waals surface area contributed by atoms with Crippen LogP contribution in [0, 0.1) is 20.8 Å². The van der Waals surface area contributed by atoms with Crippen LogP contribution in [-0.2, 0) is 0 Å². The minimum Gasteiger partial charge on any atom is -0.494 e. The molecule has 1 aromatic heterocycles. The zero-order valence-electron chi connectivity index (χ0n) is 12.9. The lowest BCUT2D eigenvalue weighted by molar-refractivity contribution is 0.415. The molecule has 2 nitrogen and oxygen atoms in total. The van der Waals surface area contributed by atoms with Gasteiger partial charge in [0.2, 0.25) is 0 Å². The summed E-state index contributed by atoms with van der Waals surface area (Å²) < 4.78 is 5.56. The Bertz CT molecular complexity index is 821. The number of methoxy groups -OCH3 is 1. The molecule has 0 aliphatic carbocycles. The van der Waals surface area contributed by atoms with Crippen LogP contribution in [0.3, 0.4) is 0 Å². The van der Waals surface area contributed by atoms with Gasteiger partial charge < -0.3 is 4.74 Å². The monoisotopic (exact) mass is 277 g/mol. The van der Waals surface area contributed by atoms with Gasteiger partial charge in [-0.2, -0.15) is 0 Å². The number of aryl methyl sites for hydroxylation is 3. The van der Waals surface area contributed by atoms with Gasteiger partial charge in [0.25, 0.3) is 0 Å². The second kappa shape index (κ2) is 5.21. The lowest BCUT2D eigenvalue weighted by atomic mass is 10.0. The topological polar surface area (TPSA) is 22.1 Å². The summed E-state index contributed by atoms with van der Waals surface area (Å²) in [6.07, 6.45) is 0. The molecule has 0 atom stereocenters. The fraction of sp³-hybridized carbons (Fsp3) is 0.211. The predicted octanol–water partition coefficient (Wildman–Crippen LogP) is 4.84. The lowest BCUT2D eigenvalue weighted by Gasteiger charge is -2.12. The van der Waals surface area contributed by atoms with Gasteiger partial charge in [0.05, 0.1) is 12.6 Å². The first kappa shape index (κ1) is 13.6. The molecule has 3 aromatic rings. The normalized spacial score (nSPS) is 10.9. The number of benzene rings is 2. The Balaban J connectivity index is 2.29. The number of nitrogens with zero attached hydrogens (tertiary/aromatic N) is 1. The van der Waals surface area contributed by atoms with E-state index in [9.17, 15) is 0 Å². The Labute approximate surface area is 125 Å². The minimum atomic E-state index is 0.818. The lowest BCUT2D eigenvalue weighted by Crippen LogP contribution is -1.95. The molecule has 0 amide bonds. The number of aromatic nitrogens is 1. The molecular formula is C19H19NO. The van der Waals surface area contributed by atoms with Crippen LogP contribution in [0.25, 0.3) is 22.2 Å². The van der Waals surface area contributed by atoms with Gasteiger partial charge in [0, 0.05) is 10.9 Å². The van der Waals surface area contributed by atoms with Crippen molar-refractivity contribution in [3.05, 3.63) is 59.2 Å². The highest BCUT2D eigenvalue weighted by Crippen LogP contribution is 2.33. The molecule has 106 valence electrons. The molecule has 1 heterocycles. The van der Waals surface area contributed by atoms with E-state index in [1.165, 1.54) is 16.7 Å². The van der Waals surface area contributed by atoms with E-state index in [2.05, 4.69) is 63.2 Å². The van der Waals surface area contributed by atoms with E-state index in [0.717, 1.165) is 27.9 Å². The summed E-state index contributed by atoms with van der Waals surface area (Å²) in [5.41, 5.74) is 6.73. The van der Waals surface area contributed by atoms with Crippen molar-refractivity contribution < 1.29 is 4.74 Å². The number of ether oxygens (including phenoxy) is 1. The van der Waals surface area contributed by atoms with Crippen molar-refractivity contribution in [3.63, 3.8) is 0 Å². The summed E-state index contributed by atoms with van der Waals surface area (Å²) in [7, 11) is 1.70. The third-order valence-electron chi connectivity index (χ3n) is 3.80. The van der Waals surface area contributed by atoms with Crippen LogP contribution in [0.15, 0.2) is 42.5 Å². The maximum Gasteiger partial charge on any atom is 0.145 e. The molecule has 0 bridgehead atoms. The Kier molecular flexibility index (Phi) is 3.38. The zero-order chi connectivity index (χ0) is 15.0. The number of hydrogen-bond acceptors (Lipinski definition) is 2. The van der Waals surface area contributed by atoms with E-state index in [4.69, 9.17) is 9.72 Å². The first-order chi connectivity index (χ1) is 10.1. The van der Waals surface area contributed by atoms with E-state index in [1.54, 1.807) is 7.11 Å². The van der Waals surface area contributed by atoms with Crippen LogP contribution in [0.1, 0.15) is 16.7 Å². The van der Waals surface area contributed by atoms with Crippen LogP contribution in [-0.4, -0.2) is 12.1 Å². The molecule has 0 unspecified atom stereocenters. The molecule has 0 spiro atoms. The fourth-order valence-corrected chi connectivity index (χ4v) is 2.69. The summed E-state index contributed by atoms with van der Waals surface area (Å²) in [5, 5.41) is 1.10. The molecule has 2 aromatic carbocycles. The van der Waals surface area contributed by atoms with Crippen LogP contribution in [0.5, 0.6) is 5.75 Å². The molecule has 0 aliphatic heterocycles. The standard InChI is InChI=1S/C19H19NO/c1-12-6-8-16(14(3)9-12)19-18(21-4)11-15-7-5-13(2)10-17(15)20-19/h5-11H,1-4H3. The Morgan fingerprint density at radius 1 is 0.857 bits per heavy atom. The van der Waals surface area contributed by atoms with Crippen molar-refractivity contribution in [2.24, 2.45) is 0 Å². The van der Waals surface area contributed by atoms with E-state index in [1.807, 2.05) is 0 Å². The van der Waals surface area contributed by atoms with Gasteiger partial charge in [-0.1, -0.05) is 35.9 Å². The third-order valence-corrected chi connectivity index (χ3v) is 3.80. The Morgan fingerprint density at radius 3 is 2.29 bits per heavy atom. The smallest absolute Gasteiger partial charge is 0.145 e. The van der Waals surface area contributed by atoms with Gasteiger partial charge in [0.1, 0.15) is 11.4 Å². The molecule has 0 radical (unpaired) electrons. The van der Waals surface area contributed by atoms with Crippen molar-refractivity contribution in [2.45, 2.75) is 20.8 Å². The highest BCUT2D eigenvalue weighted by atomic mass is 16.5. The molecule has 0 N–H and O–H groups in total. The van der Waals surface area contributed by atoms with Gasteiger partial charge in [0.15, 0.2) is 0 Å². The third kappa shape index (κ3) is 2.49. The first-order valence-corrected chi connectivity index (χ1v) is 7.11. The summed E-state index contributed by atoms with van der Waals surface area (Å²) in [6, 6.07) is 14.8. The average Bonchev–Trinajstić information content (AvgIpc) is 2.46. The zero-order valence-corrected chi connectivity index (χ0v) is 12.9. The number of rotatable bonds is 2. The van der Waals surface area contributed by atoms with E-state index < -0.39 is 0 Å². The van der Waals surface area contributed by atoms with Crippen LogP contribution < -0.4 is 4.74 Å². The van der Waals surface area contributed by atoms with E-state index in [-0.39, 0.29) is 0 Å². The van der Waals surface area contributed by atoms with Gasteiger partial charge in [-0.05, 0) is 44.0 Å². The first-order valence-electron chi connectivity index (χ1n) is 7.11. The maximum atomic E-state index is 5.56. The second-order valence-electron chi connectivity index (χ2n) is 5.55. The number of hydrogen-bond donors (Lipinski definition) is 0. The second-order valence-corrected chi connectivity index (χ2v) is 5.55. The SMILES string of the molecule is COc1cc2ccc(C)cc2nc1-c1ccc(C)cc1C. The van der Waals surface area contributed by atoms with Crippen molar-refractivity contribution in [2.75, 3.05) is 7.11 Å². The molecule has 0 saturated carbocycles. The number of fused-ring (bicyclic) bond motifs is 1.